The number of hydrogen-bond acceptors (Lipinski definition) is 2. The van der Waals surface area contributed by atoms with E-state index in [1.54, 1.807) is 12.1 Å². The van der Waals surface area contributed by atoms with Crippen LogP contribution < -0.4 is 5.73 Å². The zero-order valence-electron chi connectivity index (χ0n) is 7.88. The molecule has 0 aliphatic heterocycles. The van der Waals surface area contributed by atoms with E-state index < -0.39 is 5.97 Å². The minimum atomic E-state index is -0.961. The number of carboxylic acids is 1. The van der Waals surface area contributed by atoms with Gasteiger partial charge in [-0.15, -0.1) is 11.6 Å². The molecule has 76 valence electrons. The first-order valence-corrected chi connectivity index (χ1v) is 4.78. The number of carboxylic acid groups (broad SMARTS) is 1. The number of hydrogen-bond donors (Lipinski definition) is 2. The van der Waals surface area contributed by atoms with Gasteiger partial charge in [-0.2, -0.15) is 0 Å². The number of aromatic carboxylic acids is 1. The van der Waals surface area contributed by atoms with Crippen molar-refractivity contribution in [1.29, 1.82) is 0 Å². The maximum absolute atomic E-state index is 10.9. The van der Waals surface area contributed by atoms with E-state index >= 15 is 0 Å². The smallest absolute Gasteiger partial charge is 0.336 e. The normalized spacial score (nSPS) is 10.1. The van der Waals surface area contributed by atoms with Gasteiger partial charge in [0, 0.05) is 11.6 Å². The van der Waals surface area contributed by atoms with Gasteiger partial charge in [-0.05, 0) is 30.5 Å². The third-order valence-electron chi connectivity index (χ3n) is 2.15. The van der Waals surface area contributed by atoms with Gasteiger partial charge in [-0.25, -0.2) is 4.79 Å². The average molecular weight is 214 g/mol. The van der Waals surface area contributed by atoms with Crippen molar-refractivity contribution in [3.05, 3.63) is 28.8 Å². The largest absolute Gasteiger partial charge is 0.478 e. The van der Waals surface area contributed by atoms with Gasteiger partial charge in [0.25, 0.3) is 0 Å². The van der Waals surface area contributed by atoms with Crippen LogP contribution in [0.5, 0.6) is 0 Å². The molecule has 0 bridgehead atoms. The van der Waals surface area contributed by atoms with E-state index in [0.717, 1.165) is 5.56 Å². The van der Waals surface area contributed by atoms with E-state index in [1.807, 2.05) is 6.92 Å². The van der Waals surface area contributed by atoms with Gasteiger partial charge in [0.05, 0.1) is 5.56 Å². The molecule has 0 heterocycles. The first kappa shape index (κ1) is 10.9. The van der Waals surface area contributed by atoms with Crippen molar-refractivity contribution in [2.75, 3.05) is 11.6 Å². The number of rotatable bonds is 3. The zero-order valence-corrected chi connectivity index (χ0v) is 8.64. The highest BCUT2D eigenvalue weighted by Gasteiger charge is 2.13. The van der Waals surface area contributed by atoms with Crippen LogP contribution in [0, 0.1) is 6.92 Å². The summed E-state index contributed by atoms with van der Waals surface area (Å²) in [5, 5.41) is 8.91. The van der Waals surface area contributed by atoms with Gasteiger partial charge < -0.3 is 10.8 Å². The summed E-state index contributed by atoms with van der Waals surface area (Å²) >= 11 is 5.59. The summed E-state index contributed by atoms with van der Waals surface area (Å²) in [5.74, 6) is -0.592. The van der Waals surface area contributed by atoms with E-state index in [9.17, 15) is 4.79 Å². The molecule has 0 aliphatic carbocycles. The summed E-state index contributed by atoms with van der Waals surface area (Å²) in [6.45, 7) is 1.85. The van der Waals surface area contributed by atoms with Crippen LogP contribution in [0.15, 0.2) is 12.1 Å². The SMILES string of the molecule is Cc1ccc(C(=O)O)c(CCCl)c1N. The number of anilines is 1. The van der Waals surface area contributed by atoms with Crippen molar-refractivity contribution >= 4 is 23.3 Å². The third-order valence-corrected chi connectivity index (χ3v) is 2.34. The van der Waals surface area contributed by atoms with E-state index in [4.69, 9.17) is 22.4 Å². The van der Waals surface area contributed by atoms with Crippen molar-refractivity contribution in [2.45, 2.75) is 13.3 Å². The fourth-order valence-electron chi connectivity index (χ4n) is 1.35. The Morgan fingerprint density at radius 2 is 2.21 bits per heavy atom. The summed E-state index contributed by atoms with van der Waals surface area (Å²) in [4.78, 5) is 10.9. The highest BCUT2D eigenvalue weighted by molar-refractivity contribution is 6.18. The molecule has 3 N–H and O–H groups in total. The maximum atomic E-state index is 10.9. The molecule has 0 aliphatic rings. The quantitative estimate of drug-likeness (QED) is 0.597. The van der Waals surface area contributed by atoms with Crippen molar-refractivity contribution in [2.24, 2.45) is 0 Å². The van der Waals surface area contributed by atoms with Gasteiger partial charge >= 0.3 is 5.97 Å². The molecule has 0 unspecified atom stereocenters. The van der Waals surface area contributed by atoms with E-state index in [2.05, 4.69) is 0 Å². The molecular formula is C10H12ClNO2. The van der Waals surface area contributed by atoms with Crippen molar-refractivity contribution in [1.82, 2.24) is 0 Å². The average Bonchev–Trinajstić information content (AvgIpc) is 2.13. The molecule has 0 saturated carbocycles. The predicted octanol–water partition coefficient (Wildman–Crippen LogP) is 2.06. The molecule has 1 aromatic rings. The predicted molar refractivity (Wildman–Crippen MR) is 57.0 cm³/mol. The summed E-state index contributed by atoms with van der Waals surface area (Å²) < 4.78 is 0. The highest BCUT2D eigenvalue weighted by Crippen LogP contribution is 2.22. The lowest BCUT2D eigenvalue weighted by atomic mass is 10.00. The zero-order chi connectivity index (χ0) is 10.7. The minimum Gasteiger partial charge on any atom is -0.478 e. The summed E-state index contributed by atoms with van der Waals surface area (Å²) in [5.41, 5.74) is 8.08. The van der Waals surface area contributed by atoms with Crippen LogP contribution in [0.2, 0.25) is 0 Å². The van der Waals surface area contributed by atoms with Gasteiger partial charge in [0.1, 0.15) is 0 Å². The summed E-state index contributed by atoms with van der Waals surface area (Å²) in [6.07, 6.45) is 0.483. The van der Waals surface area contributed by atoms with Crippen LogP contribution in [-0.4, -0.2) is 17.0 Å². The summed E-state index contributed by atoms with van der Waals surface area (Å²) in [6, 6.07) is 3.27. The Morgan fingerprint density at radius 3 is 2.71 bits per heavy atom. The number of nitrogens with two attached hydrogens (primary N) is 1. The second-order valence-corrected chi connectivity index (χ2v) is 3.44. The van der Waals surface area contributed by atoms with Crippen molar-refractivity contribution in [3.63, 3.8) is 0 Å². The molecule has 0 fully saturated rings. The molecule has 0 aromatic heterocycles. The van der Waals surface area contributed by atoms with E-state index in [0.29, 0.717) is 23.6 Å². The lowest BCUT2D eigenvalue weighted by Gasteiger charge is -2.10. The monoisotopic (exact) mass is 213 g/mol. The number of halogens is 1. The Morgan fingerprint density at radius 1 is 1.57 bits per heavy atom. The third kappa shape index (κ3) is 1.99. The van der Waals surface area contributed by atoms with Crippen LogP contribution in [0.25, 0.3) is 0 Å². The van der Waals surface area contributed by atoms with Gasteiger partial charge in [-0.1, -0.05) is 6.07 Å². The first-order valence-electron chi connectivity index (χ1n) is 4.25. The molecule has 0 amide bonds. The lowest BCUT2D eigenvalue weighted by molar-refractivity contribution is 0.0696. The number of alkyl halides is 1. The Kier molecular flexibility index (Phi) is 3.36. The molecule has 3 nitrogen and oxygen atoms in total. The van der Waals surface area contributed by atoms with Gasteiger partial charge in [0.15, 0.2) is 0 Å². The Balaban J connectivity index is 3.29. The Bertz CT molecular complexity index is 363. The molecule has 1 aromatic carbocycles. The highest BCUT2D eigenvalue weighted by atomic mass is 35.5. The van der Waals surface area contributed by atoms with Crippen LogP contribution >= 0.6 is 11.6 Å². The number of aryl methyl sites for hydroxylation is 1. The second-order valence-electron chi connectivity index (χ2n) is 3.07. The van der Waals surface area contributed by atoms with Crippen molar-refractivity contribution in [3.8, 4) is 0 Å². The first-order chi connectivity index (χ1) is 6.57. The molecule has 0 radical (unpaired) electrons. The molecule has 0 saturated heterocycles. The van der Waals surface area contributed by atoms with E-state index in [1.165, 1.54) is 0 Å². The topological polar surface area (TPSA) is 63.3 Å². The lowest BCUT2D eigenvalue weighted by Crippen LogP contribution is -2.08. The fraction of sp³-hybridized carbons (Fsp3) is 0.300. The molecule has 0 atom stereocenters. The van der Waals surface area contributed by atoms with Crippen LogP contribution in [0.1, 0.15) is 21.5 Å². The number of benzene rings is 1. The molecule has 14 heavy (non-hydrogen) atoms. The van der Waals surface area contributed by atoms with Crippen LogP contribution in [0.3, 0.4) is 0 Å². The molecular weight excluding hydrogens is 202 g/mol. The van der Waals surface area contributed by atoms with Gasteiger partial charge in [-0.3, -0.25) is 0 Å². The van der Waals surface area contributed by atoms with Crippen molar-refractivity contribution < 1.29 is 9.90 Å². The standard InChI is InChI=1S/C10H12ClNO2/c1-6-2-3-8(10(13)14)7(4-5-11)9(6)12/h2-3H,4-5,12H2,1H3,(H,13,14). The molecule has 0 spiro atoms. The number of nitrogen functional groups attached to an aromatic ring is 1. The molecule has 4 heteroatoms. The summed E-state index contributed by atoms with van der Waals surface area (Å²) in [7, 11) is 0. The second kappa shape index (κ2) is 4.33. The fourth-order valence-corrected chi connectivity index (χ4v) is 1.53. The van der Waals surface area contributed by atoms with Crippen LogP contribution in [-0.2, 0) is 6.42 Å². The van der Waals surface area contributed by atoms with Crippen LogP contribution in [0.4, 0.5) is 5.69 Å². The van der Waals surface area contributed by atoms with Gasteiger partial charge in [0.2, 0.25) is 0 Å². The molecule has 1 rings (SSSR count). The Hall–Kier alpha value is -1.22. The Labute approximate surface area is 87.5 Å². The maximum Gasteiger partial charge on any atom is 0.336 e. The number of carbonyl (C=O) groups is 1. The van der Waals surface area contributed by atoms with E-state index in [-0.39, 0.29) is 5.56 Å². The minimum absolute atomic E-state index is 0.244.